The molecule has 52 heavy (non-hydrogen) atoms. The fourth-order valence-electron chi connectivity index (χ4n) is 6.98. The monoisotopic (exact) mass is 728 g/mol. The van der Waals surface area contributed by atoms with Crippen molar-refractivity contribution < 1.29 is 0 Å². The Bertz CT molecular complexity index is 3160. The van der Waals surface area contributed by atoms with Crippen LogP contribution >= 0.6 is 34.8 Å². The van der Waals surface area contributed by atoms with Crippen LogP contribution in [0.25, 0.3) is 64.8 Å². The summed E-state index contributed by atoms with van der Waals surface area (Å²) >= 11 is 3.96. The fourth-order valence-corrected chi connectivity index (χ4v) is 9.46. The van der Waals surface area contributed by atoms with Crippen LogP contribution in [0.5, 0.6) is 0 Å². The van der Waals surface area contributed by atoms with E-state index in [0.717, 1.165) is 82.9 Å². The number of aromatic nitrogens is 4. The number of aryl methyl sites for hydroxylation is 2. The van der Waals surface area contributed by atoms with Crippen molar-refractivity contribution in [3.63, 3.8) is 0 Å². The average Bonchev–Trinajstić information content (AvgIpc) is 3.98. The van der Waals surface area contributed by atoms with Gasteiger partial charge in [-0.2, -0.15) is 17.5 Å². The van der Waals surface area contributed by atoms with Crippen molar-refractivity contribution in [2.75, 3.05) is 4.90 Å². The molecular weight excluding hydrogens is 705 g/mol. The topological polar surface area (TPSA) is 101 Å². The lowest BCUT2D eigenvalue weighted by Gasteiger charge is -2.24. The van der Waals surface area contributed by atoms with Gasteiger partial charge in [0.1, 0.15) is 32.4 Å². The zero-order chi connectivity index (χ0) is 35.1. The van der Waals surface area contributed by atoms with E-state index in [0.29, 0.717) is 27.5 Å². The third-order valence-corrected chi connectivity index (χ3v) is 11.9. The summed E-state index contributed by atoms with van der Waals surface area (Å²) in [5.74, 6) is 0. The minimum Gasteiger partial charge on any atom is -0.301 e. The largest absolute Gasteiger partial charge is 0.301 e. The third kappa shape index (κ3) is 4.67. The first kappa shape index (κ1) is 30.8. The van der Waals surface area contributed by atoms with E-state index in [1.54, 1.807) is 35.6 Å². The Morgan fingerprint density at radius 1 is 0.538 bits per heavy atom. The second-order valence-electron chi connectivity index (χ2n) is 12.8. The summed E-state index contributed by atoms with van der Waals surface area (Å²) in [5, 5.41) is 6.00. The highest BCUT2D eigenvalue weighted by Crippen LogP contribution is 2.51. The molecule has 8 nitrogen and oxygen atoms in total. The molecule has 248 valence electrons. The second-order valence-corrected chi connectivity index (χ2v) is 14.8. The number of hydrogen-bond donors (Lipinski definition) is 0. The number of hydrogen-bond acceptors (Lipinski definition) is 11. The lowest BCUT2D eigenvalue weighted by molar-refractivity contribution is 1.30. The van der Waals surface area contributed by atoms with Crippen LogP contribution in [-0.2, 0) is 0 Å². The molecule has 0 saturated carbocycles. The molecule has 3 heterocycles. The second kappa shape index (κ2) is 11.8. The lowest BCUT2D eigenvalue weighted by Crippen LogP contribution is -2.30. The first-order valence-electron chi connectivity index (χ1n) is 16.5. The van der Waals surface area contributed by atoms with Crippen molar-refractivity contribution in [1.29, 1.82) is 0 Å². The van der Waals surface area contributed by atoms with Crippen LogP contribution in [0, 0.1) is 13.8 Å². The van der Waals surface area contributed by atoms with Gasteiger partial charge >= 0.3 is 0 Å². The van der Waals surface area contributed by atoms with Crippen LogP contribution in [0.1, 0.15) is 11.1 Å². The van der Waals surface area contributed by atoms with Crippen molar-refractivity contribution >= 4 is 111 Å². The van der Waals surface area contributed by atoms with Crippen LogP contribution in [0.3, 0.4) is 0 Å². The van der Waals surface area contributed by atoms with Gasteiger partial charge in [0.15, 0.2) is 0 Å². The highest BCUT2D eigenvalue weighted by atomic mass is 32.1. The van der Waals surface area contributed by atoms with E-state index in [9.17, 15) is 9.59 Å². The van der Waals surface area contributed by atoms with Gasteiger partial charge in [0.25, 0.3) is 5.43 Å². The summed E-state index contributed by atoms with van der Waals surface area (Å²) in [6.45, 7) is 4.20. The molecule has 0 atom stereocenters. The van der Waals surface area contributed by atoms with E-state index in [-0.39, 0.29) is 5.36 Å². The predicted octanol–water partition coefficient (Wildman–Crippen LogP) is 9.80. The molecule has 0 aliphatic heterocycles. The van der Waals surface area contributed by atoms with E-state index >= 15 is 0 Å². The first-order chi connectivity index (χ1) is 25.4. The summed E-state index contributed by atoms with van der Waals surface area (Å²) < 4.78 is 19.0. The molecule has 0 spiro atoms. The quantitative estimate of drug-likeness (QED) is 0.163. The summed E-state index contributed by atoms with van der Waals surface area (Å²) in [6.07, 6.45) is 0. The van der Waals surface area contributed by atoms with Crippen LogP contribution in [0.4, 0.5) is 22.1 Å². The maximum absolute atomic E-state index is 13.1. The van der Waals surface area contributed by atoms with Gasteiger partial charge in [-0.1, -0.05) is 83.9 Å². The average molecular weight is 729 g/mol. The molecule has 0 unspecified atom stereocenters. The highest BCUT2D eigenvalue weighted by molar-refractivity contribution is 7.22. The standard InChI is InChI=1S/C41H24N6O2S3/c1-21-11-15-23(16-12-21)47(24-17-13-22(2)14-18-24)41-28-10-6-5-9-27(28)40(50-41)31-19-29-30(33-35(31)45-51-43-33)20-32(37-34(29)44-52-46-37)42-36-25-7-3-4-8-26(25)38(48)39(36)49/h3-20H,1-2H3/b42-36-. The zero-order valence-electron chi connectivity index (χ0n) is 27.6. The highest BCUT2D eigenvalue weighted by Gasteiger charge is 2.25. The predicted molar refractivity (Wildman–Crippen MR) is 215 cm³/mol. The molecule has 0 bridgehead atoms. The van der Waals surface area contributed by atoms with E-state index in [2.05, 4.69) is 102 Å². The first-order valence-corrected chi connectivity index (χ1v) is 18.8. The Morgan fingerprint density at radius 3 is 1.75 bits per heavy atom. The van der Waals surface area contributed by atoms with Gasteiger partial charge in [0.2, 0.25) is 5.43 Å². The van der Waals surface area contributed by atoms with Crippen molar-refractivity contribution in [2.45, 2.75) is 13.8 Å². The van der Waals surface area contributed by atoms with Gasteiger partial charge in [0, 0.05) is 54.1 Å². The fraction of sp³-hybridized carbons (Fsp3) is 0.0488. The molecule has 0 saturated heterocycles. The third-order valence-electron chi connectivity index (χ3n) is 9.56. The molecule has 3 aromatic heterocycles. The number of fused-ring (bicyclic) bond motifs is 7. The molecule has 0 aliphatic carbocycles. The molecule has 11 heteroatoms. The number of anilines is 3. The SMILES string of the molecule is Cc1ccc(N(c2ccc(C)cc2)c2sc(-c3cc4c(cc(/N=c5\c(=O)c(=O)c6ccccc56)c5nsnc54)c4nsnc34)c3ccccc23)cc1. The molecule has 0 aliphatic rings. The number of nitrogens with zero attached hydrogens (tertiary/aromatic N) is 6. The van der Waals surface area contributed by atoms with E-state index in [1.165, 1.54) is 11.1 Å². The maximum Gasteiger partial charge on any atom is 0.252 e. The van der Waals surface area contributed by atoms with Crippen molar-refractivity contribution in [3.8, 4) is 10.4 Å². The summed E-state index contributed by atoms with van der Waals surface area (Å²) in [7, 11) is 0. The van der Waals surface area contributed by atoms with Crippen LogP contribution in [0.15, 0.2) is 124 Å². The van der Waals surface area contributed by atoms with E-state index < -0.39 is 10.9 Å². The Labute approximate surface area is 307 Å². The maximum atomic E-state index is 13.1. The number of thiophene rings is 1. The van der Waals surface area contributed by atoms with Gasteiger partial charge in [-0.25, -0.2) is 4.99 Å². The van der Waals surface area contributed by atoms with Gasteiger partial charge < -0.3 is 4.90 Å². The molecule has 0 radical (unpaired) electrons. The summed E-state index contributed by atoms with van der Waals surface area (Å²) in [6, 6.07) is 36.8. The summed E-state index contributed by atoms with van der Waals surface area (Å²) in [4.78, 5) is 34.1. The molecule has 0 fully saturated rings. The van der Waals surface area contributed by atoms with Gasteiger partial charge in [-0.15, -0.1) is 11.3 Å². The molecule has 10 rings (SSSR count). The van der Waals surface area contributed by atoms with E-state index in [4.69, 9.17) is 18.1 Å². The number of benzene rings is 6. The smallest absolute Gasteiger partial charge is 0.252 e. The Morgan fingerprint density at radius 2 is 1.08 bits per heavy atom. The minimum absolute atomic E-state index is 0.114. The Balaban J connectivity index is 1.23. The Kier molecular flexibility index (Phi) is 6.97. The minimum atomic E-state index is -0.626. The van der Waals surface area contributed by atoms with Gasteiger partial charge in [0.05, 0.1) is 29.1 Å². The zero-order valence-corrected chi connectivity index (χ0v) is 30.1. The summed E-state index contributed by atoms with van der Waals surface area (Å²) in [5.41, 5.74) is 7.48. The lowest BCUT2D eigenvalue weighted by atomic mass is 9.99. The van der Waals surface area contributed by atoms with Crippen molar-refractivity contribution in [2.24, 2.45) is 4.99 Å². The molecular formula is C41H24N6O2S3. The number of rotatable bonds is 5. The molecule has 0 N–H and O–H groups in total. The van der Waals surface area contributed by atoms with Crippen molar-refractivity contribution in [3.05, 3.63) is 146 Å². The van der Waals surface area contributed by atoms with Crippen LogP contribution < -0.4 is 21.1 Å². The Hall–Kier alpha value is -6.01. The molecule has 10 aromatic rings. The molecule has 0 amide bonds. The van der Waals surface area contributed by atoms with E-state index in [1.807, 2.05) is 6.07 Å². The van der Waals surface area contributed by atoms with Crippen LogP contribution in [0.2, 0.25) is 0 Å². The van der Waals surface area contributed by atoms with Gasteiger partial charge in [-0.3, -0.25) is 9.59 Å². The normalized spacial score (nSPS) is 12.3. The van der Waals surface area contributed by atoms with Crippen molar-refractivity contribution in [1.82, 2.24) is 17.5 Å². The molecule has 7 aromatic carbocycles. The van der Waals surface area contributed by atoms with Crippen LogP contribution in [-0.4, -0.2) is 17.5 Å². The van der Waals surface area contributed by atoms with Gasteiger partial charge in [-0.05, 0) is 50.2 Å².